The number of aryl methyl sites for hydroxylation is 1. The fourth-order valence-electron chi connectivity index (χ4n) is 14.7. The number of fused-ring (bicyclic) bond motifs is 1. The summed E-state index contributed by atoms with van der Waals surface area (Å²) in [6.07, 6.45) is 4.82. The molecule has 8 atom stereocenters. The molecule has 2 aliphatic heterocycles. The Kier molecular flexibility index (Phi) is 29.8. The molecule has 1 spiro atoms. The number of carbonyl (C=O) groups excluding carboxylic acids is 12. The number of likely N-dealkylation sites (N-methyl/N-ethyl adjacent to an activating group) is 8. The summed E-state index contributed by atoms with van der Waals surface area (Å²) in [7, 11) is 13.2. The number of nitrogens with one attached hydrogen (secondary N) is 3. The second kappa shape index (κ2) is 36.2. The van der Waals surface area contributed by atoms with E-state index in [0.717, 1.165) is 83.5 Å². The van der Waals surface area contributed by atoms with Crippen molar-refractivity contribution in [2.45, 2.75) is 210 Å². The first-order valence-corrected chi connectivity index (χ1v) is 36.7. The number of amides is 12. The molecule has 24 nitrogen and oxygen atoms in total. The van der Waals surface area contributed by atoms with Crippen molar-refractivity contribution in [3.05, 3.63) is 34.3 Å². The van der Waals surface area contributed by atoms with Crippen molar-refractivity contribution in [1.29, 1.82) is 0 Å². The maximum Gasteiger partial charge on any atom is 0.417 e. The van der Waals surface area contributed by atoms with E-state index in [1.54, 1.807) is 21.0 Å². The molecule has 554 valence electrons. The summed E-state index contributed by atoms with van der Waals surface area (Å²) in [5, 5.41) is 8.14. The second-order valence-electron chi connectivity index (χ2n) is 29.0. The lowest BCUT2D eigenvalue weighted by atomic mass is 9.84. The van der Waals surface area contributed by atoms with E-state index in [4.69, 9.17) is 11.6 Å². The van der Waals surface area contributed by atoms with Gasteiger partial charge in [0, 0.05) is 75.7 Å². The van der Waals surface area contributed by atoms with Gasteiger partial charge < -0.3 is 60.0 Å². The maximum absolute atomic E-state index is 15.5. The zero-order chi connectivity index (χ0) is 73.5. The van der Waals surface area contributed by atoms with Gasteiger partial charge in [0.2, 0.25) is 70.9 Å². The highest BCUT2D eigenvalue weighted by Gasteiger charge is 2.51. The lowest BCUT2D eigenvalue weighted by Crippen LogP contribution is -2.65. The summed E-state index contributed by atoms with van der Waals surface area (Å²) < 4.78 is 41.6. The van der Waals surface area contributed by atoms with E-state index in [1.165, 1.54) is 84.8 Å². The molecule has 99 heavy (non-hydrogen) atoms. The highest BCUT2D eigenvalue weighted by atomic mass is 35.5. The molecule has 5 aliphatic rings. The van der Waals surface area contributed by atoms with Crippen LogP contribution in [0.5, 0.6) is 0 Å². The Morgan fingerprint density at radius 1 is 0.677 bits per heavy atom. The van der Waals surface area contributed by atoms with Crippen LogP contribution in [0.3, 0.4) is 0 Å². The summed E-state index contributed by atoms with van der Waals surface area (Å²) in [6.45, 7) is 5.77. The van der Waals surface area contributed by atoms with Gasteiger partial charge in [-0.3, -0.25) is 57.5 Å². The van der Waals surface area contributed by atoms with E-state index in [2.05, 4.69) is 16.0 Å². The van der Waals surface area contributed by atoms with Crippen LogP contribution in [0, 0.1) is 23.7 Å². The minimum Gasteiger partial charge on any atom is -0.347 e. The van der Waals surface area contributed by atoms with Gasteiger partial charge >= 0.3 is 6.18 Å². The van der Waals surface area contributed by atoms with Crippen molar-refractivity contribution < 1.29 is 70.7 Å². The molecule has 2 saturated heterocycles. The molecule has 5 fully saturated rings. The van der Waals surface area contributed by atoms with Crippen LogP contribution in [0.4, 0.5) is 13.2 Å². The van der Waals surface area contributed by atoms with Crippen molar-refractivity contribution in [1.82, 2.24) is 60.0 Å². The predicted octanol–water partition coefficient (Wildman–Crippen LogP) is 5.45. The molecule has 3 saturated carbocycles. The van der Waals surface area contributed by atoms with Crippen molar-refractivity contribution >= 4 is 94.2 Å². The van der Waals surface area contributed by atoms with Gasteiger partial charge in [0.05, 0.1) is 36.0 Å². The Morgan fingerprint density at radius 3 is 1.88 bits per heavy atom. The maximum atomic E-state index is 15.5. The highest BCUT2D eigenvalue weighted by Crippen LogP contribution is 2.39. The van der Waals surface area contributed by atoms with E-state index in [-0.39, 0.29) is 80.7 Å². The van der Waals surface area contributed by atoms with Crippen LogP contribution in [-0.4, -0.2) is 264 Å². The summed E-state index contributed by atoms with van der Waals surface area (Å²) in [5.74, 6) is -8.42. The van der Waals surface area contributed by atoms with Crippen LogP contribution in [0.1, 0.15) is 161 Å². The zero-order valence-electron chi connectivity index (χ0n) is 60.3. The molecule has 0 bridgehead atoms. The first kappa shape index (κ1) is 81.3. The number of hydrogen-bond acceptors (Lipinski definition) is 13. The SMILES string of the molecule is CC[C@H](C)[C@@H]1NC(=O)[C@H](CC(C)C)N(C)C(=O)CSC[C@@H](C(=O)N(C)C)N(C)C(=O)[C@H](C2CCCC2)N(C)C(=O)C2(CCCC2)NC(=O)[C@@H]2CCCN2C(=O)[C@H](CCc2ccc(C(F)(F)F)c(Cl)c2)NC(=O)CN(C)C(=O)[C@H](CC2CCCCC2)N(C)C(=O)CN(C)C(=O)CN(C)C1=O. The molecule has 0 aromatic heterocycles. The van der Waals surface area contributed by atoms with Crippen molar-refractivity contribution in [3.8, 4) is 0 Å². The van der Waals surface area contributed by atoms with Crippen LogP contribution in [0.2, 0.25) is 5.02 Å². The molecule has 0 unspecified atom stereocenters. The average molecular weight is 1430 g/mol. The number of thioether (sulfide) groups is 1. The Balaban J connectivity index is 1.39. The first-order valence-electron chi connectivity index (χ1n) is 35.2. The first-order chi connectivity index (χ1) is 46.5. The number of rotatable bonds is 11. The molecular formula is C70H108ClF3N12O12S. The van der Waals surface area contributed by atoms with E-state index in [1.807, 2.05) is 20.8 Å². The van der Waals surface area contributed by atoms with Gasteiger partial charge in [0.1, 0.15) is 47.8 Å². The van der Waals surface area contributed by atoms with Gasteiger partial charge in [0.15, 0.2) is 0 Å². The molecule has 29 heteroatoms. The normalized spacial score (nSPS) is 26.2. The number of nitrogens with zero attached hydrogens (tertiary/aromatic N) is 9. The summed E-state index contributed by atoms with van der Waals surface area (Å²) in [4.78, 5) is 188. The van der Waals surface area contributed by atoms with Crippen LogP contribution < -0.4 is 16.0 Å². The molecule has 6 rings (SSSR count). The Labute approximate surface area is 591 Å². The Hall–Kier alpha value is -6.71. The molecule has 3 aliphatic carbocycles. The minimum absolute atomic E-state index is 0.0202. The van der Waals surface area contributed by atoms with E-state index in [0.29, 0.717) is 44.1 Å². The second-order valence-corrected chi connectivity index (χ2v) is 30.4. The molecule has 1 aromatic carbocycles. The number of hydrogen-bond donors (Lipinski definition) is 3. The van der Waals surface area contributed by atoms with E-state index in [9.17, 15) is 51.5 Å². The van der Waals surface area contributed by atoms with Gasteiger partial charge in [-0.25, -0.2) is 0 Å². The van der Waals surface area contributed by atoms with Crippen LogP contribution in [-0.2, 0) is 70.1 Å². The summed E-state index contributed by atoms with van der Waals surface area (Å²) in [5.41, 5.74) is -2.30. The molecule has 12 amide bonds. The van der Waals surface area contributed by atoms with Gasteiger partial charge in [-0.2, -0.15) is 13.2 Å². The average Bonchev–Trinajstić information content (AvgIpc) is 1.72. The zero-order valence-corrected chi connectivity index (χ0v) is 61.9. The van der Waals surface area contributed by atoms with Gasteiger partial charge in [-0.05, 0) is 106 Å². The van der Waals surface area contributed by atoms with Crippen LogP contribution in [0.15, 0.2) is 18.2 Å². The third-order valence-electron chi connectivity index (χ3n) is 21.0. The van der Waals surface area contributed by atoms with Crippen molar-refractivity contribution in [3.63, 3.8) is 0 Å². The lowest BCUT2D eigenvalue weighted by Gasteiger charge is -2.41. The topological polar surface area (TPSA) is 270 Å². The highest BCUT2D eigenvalue weighted by molar-refractivity contribution is 8.00. The fraction of sp³-hybridized carbons (Fsp3) is 0.743. The van der Waals surface area contributed by atoms with E-state index >= 15 is 19.2 Å². The Morgan fingerprint density at radius 2 is 1.28 bits per heavy atom. The largest absolute Gasteiger partial charge is 0.417 e. The molecular weight excluding hydrogens is 1330 g/mol. The number of carbonyl (C=O) groups is 12. The third-order valence-corrected chi connectivity index (χ3v) is 22.3. The molecule has 0 radical (unpaired) electrons. The lowest BCUT2D eigenvalue weighted by molar-refractivity contribution is -0.154. The van der Waals surface area contributed by atoms with Crippen LogP contribution in [0.25, 0.3) is 0 Å². The monoisotopic (exact) mass is 1430 g/mol. The van der Waals surface area contributed by atoms with Crippen molar-refractivity contribution in [2.24, 2.45) is 23.7 Å². The summed E-state index contributed by atoms with van der Waals surface area (Å²) >= 11 is 7.23. The quantitative estimate of drug-likeness (QED) is 0.249. The standard InChI is InChI=1S/C70H108ClF3N12O12S/c1-14-44(4)59-66(96)81(9)39-56(88)79(7)40-57(89)83(11)53(37-45-23-16-15-17-24-45)65(95)80(8)38-55(87)75-50(31-29-46-28-30-48(49(71)36-46)70(72,73)74)63(93)86-34-22-27-51(86)62(92)77-69(32-20-21-33-69)68(98)85(13)60(47-25-18-19-26-47)67(97)84(12)54(64(94)78(5)6)41-99-42-58(90)82(10)52(35-43(2)3)61(91)76-59/h28,30,36,43-45,47,50-54,59-60H,14-27,29,31-35,37-42H2,1-13H3,(H,75,87)(H,76,91)(H,77,92)/t44-,50-,51-,52-,53-,54-,59-,60-/m0/s1. The third kappa shape index (κ3) is 21.0. The molecule has 1 aromatic rings. The Bertz CT molecular complexity index is 3070. The van der Waals surface area contributed by atoms with Gasteiger partial charge in [-0.15, -0.1) is 11.8 Å². The molecule has 2 heterocycles. The summed E-state index contributed by atoms with van der Waals surface area (Å²) in [6, 6.07) is -5.00. The number of benzene rings is 1. The fourth-order valence-corrected chi connectivity index (χ4v) is 16.1. The number of halogens is 4. The van der Waals surface area contributed by atoms with Crippen molar-refractivity contribution in [2.75, 3.05) is 101 Å². The number of alkyl halides is 3. The van der Waals surface area contributed by atoms with E-state index < -0.39 is 161 Å². The van der Waals surface area contributed by atoms with Gasteiger partial charge in [0.25, 0.3) is 0 Å². The molecule has 3 N–H and O–H groups in total. The minimum atomic E-state index is -4.76. The smallest absolute Gasteiger partial charge is 0.347 e. The predicted molar refractivity (Wildman–Crippen MR) is 370 cm³/mol. The van der Waals surface area contributed by atoms with Gasteiger partial charge in [-0.1, -0.05) is 110 Å². The van der Waals surface area contributed by atoms with Crippen LogP contribution >= 0.6 is 23.4 Å².